The number of hydrogen-bond donors (Lipinski definition) is 0. The van der Waals surface area contributed by atoms with Crippen LogP contribution in [0.2, 0.25) is 0 Å². The van der Waals surface area contributed by atoms with Crippen LogP contribution >= 0.6 is 0 Å². The first-order valence-corrected chi connectivity index (χ1v) is 7.99. The number of rotatable bonds is 3. The van der Waals surface area contributed by atoms with Crippen LogP contribution < -0.4 is 0 Å². The van der Waals surface area contributed by atoms with E-state index in [9.17, 15) is 4.79 Å². The third-order valence-corrected chi connectivity index (χ3v) is 4.69. The maximum atomic E-state index is 12.8. The van der Waals surface area contributed by atoms with E-state index in [1.54, 1.807) is 0 Å². The second-order valence-electron chi connectivity index (χ2n) is 6.24. The molecule has 2 aliphatic heterocycles. The van der Waals surface area contributed by atoms with Crippen molar-refractivity contribution >= 4 is 5.91 Å². The van der Waals surface area contributed by atoms with Crippen LogP contribution in [0.25, 0.3) is 0 Å². The Bertz CT molecular complexity index is 468. The summed E-state index contributed by atoms with van der Waals surface area (Å²) >= 11 is 0. The third kappa shape index (κ3) is 3.44. The van der Waals surface area contributed by atoms with Gasteiger partial charge in [-0.15, -0.1) is 0 Å². The van der Waals surface area contributed by atoms with Gasteiger partial charge >= 0.3 is 0 Å². The van der Waals surface area contributed by atoms with Crippen molar-refractivity contribution in [2.45, 2.75) is 25.4 Å². The topological polar surface area (TPSA) is 26.8 Å². The highest BCUT2D eigenvalue weighted by Crippen LogP contribution is 2.22. The molecule has 2 saturated heterocycles. The molecule has 0 saturated carbocycles. The van der Waals surface area contributed by atoms with Crippen LogP contribution in [0.3, 0.4) is 0 Å². The summed E-state index contributed by atoms with van der Waals surface area (Å²) < 4.78 is 0. The molecule has 0 aromatic heterocycles. The van der Waals surface area contributed by atoms with Crippen LogP contribution in [0.15, 0.2) is 30.3 Å². The lowest BCUT2D eigenvalue weighted by molar-refractivity contribution is -0.137. The minimum atomic E-state index is 0.0913. The maximum absolute atomic E-state index is 12.8. The first-order valence-electron chi connectivity index (χ1n) is 7.99. The Kier molecular flexibility index (Phi) is 4.56. The van der Waals surface area contributed by atoms with Crippen LogP contribution in [-0.2, 0) is 11.3 Å². The van der Waals surface area contributed by atoms with Crippen molar-refractivity contribution in [3.05, 3.63) is 35.9 Å². The number of benzene rings is 1. The Morgan fingerprint density at radius 2 is 1.81 bits per heavy atom. The van der Waals surface area contributed by atoms with Gasteiger partial charge in [-0.25, -0.2) is 0 Å². The molecule has 0 N–H and O–H groups in total. The molecular formula is C17H25N3O. The van der Waals surface area contributed by atoms with Gasteiger partial charge in [-0.3, -0.25) is 9.69 Å². The van der Waals surface area contributed by atoms with Crippen molar-refractivity contribution in [1.29, 1.82) is 0 Å². The van der Waals surface area contributed by atoms with Gasteiger partial charge in [0.15, 0.2) is 0 Å². The summed E-state index contributed by atoms with van der Waals surface area (Å²) in [6.07, 6.45) is 2.15. The molecule has 2 heterocycles. The van der Waals surface area contributed by atoms with Crippen molar-refractivity contribution < 1.29 is 4.79 Å². The summed E-state index contributed by atoms with van der Waals surface area (Å²) in [6, 6.07) is 10.6. The third-order valence-electron chi connectivity index (χ3n) is 4.69. The van der Waals surface area contributed by atoms with Crippen LogP contribution in [0.4, 0.5) is 0 Å². The Balaban J connectivity index is 1.62. The molecule has 0 bridgehead atoms. The highest BCUT2D eigenvalue weighted by atomic mass is 16.2. The van der Waals surface area contributed by atoms with E-state index in [1.807, 2.05) is 6.07 Å². The number of hydrogen-bond acceptors (Lipinski definition) is 3. The molecule has 1 aromatic rings. The number of piperazine rings is 1. The Hall–Kier alpha value is -1.39. The molecule has 21 heavy (non-hydrogen) atoms. The number of likely N-dealkylation sites (tertiary alicyclic amines) is 1. The van der Waals surface area contributed by atoms with Gasteiger partial charge in [0.05, 0.1) is 6.04 Å². The molecule has 0 spiro atoms. The van der Waals surface area contributed by atoms with E-state index in [0.717, 1.165) is 52.1 Å². The molecule has 1 aromatic carbocycles. The lowest BCUT2D eigenvalue weighted by atomic mass is 10.1. The van der Waals surface area contributed by atoms with Gasteiger partial charge in [-0.05, 0) is 32.0 Å². The van der Waals surface area contributed by atoms with Crippen LogP contribution in [0.5, 0.6) is 0 Å². The average Bonchev–Trinajstić information content (AvgIpc) is 2.96. The number of likely N-dealkylation sites (N-methyl/N-ethyl adjacent to an activating group) is 1. The van der Waals surface area contributed by atoms with Crippen molar-refractivity contribution in [3.8, 4) is 0 Å². The second kappa shape index (κ2) is 6.58. The van der Waals surface area contributed by atoms with Crippen molar-refractivity contribution in [1.82, 2.24) is 14.7 Å². The van der Waals surface area contributed by atoms with Gasteiger partial charge in [0.25, 0.3) is 0 Å². The summed E-state index contributed by atoms with van der Waals surface area (Å²) in [5.74, 6) is 0.344. The zero-order valence-electron chi connectivity index (χ0n) is 12.9. The number of amides is 1. The molecule has 114 valence electrons. The molecule has 1 unspecified atom stereocenters. The summed E-state index contributed by atoms with van der Waals surface area (Å²) in [7, 11) is 2.12. The van der Waals surface area contributed by atoms with E-state index in [-0.39, 0.29) is 6.04 Å². The minimum absolute atomic E-state index is 0.0913. The molecule has 3 rings (SSSR count). The smallest absolute Gasteiger partial charge is 0.240 e. The minimum Gasteiger partial charge on any atom is -0.339 e. The molecule has 2 aliphatic rings. The SMILES string of the molecule is CN1CCN(C(=O)C2CCCN2Cc2ccccc2)CC1. The summed E-state index contributed by atoms with van der Waals surface area (Å²) in [6.45, 7) is 5.69. The molecule has 1 amide bonds. The highest BCUT2D eigenvalue weighted by Gasteiger charge is 2.34. The largest absolute Gasteiger partial charge is 0.339 e. The molecule has 1 atom stereocenters. The molecular weight excluding hydrogens is 262 g/mol. The van der Waals surface area contributed by atoms with E-state index in [0.29, 0.717) is 5.91 Å². The van der Waals surface area contributed by atoms with Crippen LogP contribution in [-0.4, -0.2) is 66.4 Å². The fourth-order valence-electron chi connectivity index (χ4n) is 3.35. The predicted octanol–water partition coefficient (Wildman–Crippen LogP) is 1.42. The van der Waals surface area contributed by atoms with E-state index in [1.165, 1.54) is 5.56 Å². The standard InChI is InChI=1S/C17H25N3O/c1-18-10-12-19(13-11-18)17(21)16-8-5-9-20(16)14-15-6-3-2-4-7-15/h2-4,6-7,16H,5,8-14H2,1H3. The number of nitrogens with zero attached hydrogens (tertiary/aromatic N) is 3. The van der Waals surface area contributed by atoms with Crippen molar-refractivity contribution in [2.24, 2.45) is 0 Å². The molecule has 0 radical (unpaired) electrons. The van der Waals surface area contributed by atoms with Gasteiger partial charge in [0, 0.05) is 32.7 Å². The zero-order valence-corrected chi connectivity index (χ0v) is 12.9. The first-order chi connectivity index (χ1) is 10.2. The molecule has 4 nitrogen and oxygen atoms in total. The number of carbonyl (C=O) groups is 1. The normalized spacial score (nSPS) is 24.4. The van der Waals surface area contributed by atoms with Gasteiger partial charge < -0.3 is 9.80 Å². The van der Waals surface area contributed by atoms with Gasteiger partial charge in [-0.1, -0.05) is 30.3 Å². The van der Waals surface area contributed by atoms with Crippen molar-refractivity contribution in [2.75, 3.05) is 39.8 Å². The molecule has 2 fully saturated rings. The van der Waals surface area contributed by atoms with Crippen molar-refractivity contribution in [3.63, 3.8) is 0 Å². The summed E-state index contributed by atoms with van der Waals surface area (Å²) in [5.41, 5.74) is 1.30. The summed E-state index contributed by atoms with van der Waals surface area (Å²) in [4.78, 5) is 19.5. The zero-order chi connectivity index (χ0) is 14.7. The van der Waals surface area contributed by atoms with Gasteiger partial charge in [0.1, 0.15) is 0 Å². The first kappa shape index (κ1) is 14.5. The monoisotopic (exact) mass is 287 g/mol. The Morgan fingerprint density at radius 3 is 2.52 bits per heavy atom. The Labute approximate surface area is 127 Å². The lowest BCUT2D eigenvalue weighted by Gasteiger charge is -2.35. The fraction of sp³-hybridized carbons (Fsp3) is 0.588. The van der Waals surface area contributed by atoms with Crippen LogP contribution in [0, 0.1) is 0 Å². The maximum Gasteiger partial charge on any atom is 0.240 e. The highest BCUT2D eigenvalue weighted by molar-refractivity contribution is 5.82. The molecule has 0 aliphatic carbocycles. The van der Waals surface area contributed by atoms with E-state index < -0.39 is 0 Å². The van der Waals surface area contributed by atoms with E-state index >= 15 is 0 Å². The van der Waals surface area contributed by atoms with E-state index in [4.69, 9.17) is 0 Å². The molecule has 4 heteroatoms. The van der Waals surface area contributed by atoms with Crippen LogP contribution in [0.1, 0.15) is 18.4 Å². The summed E-state index contributed by atoms with van der Waals surface area (Å²) in [5, 5.41) is 0. The second-order valence-corrected chi connectivity index (χ2v) is 6.24. The predicted molar refractivity (Wildman–Crippen MR) is 84.0 cm³/mol. The van der Waals surface area contributed by atoms with Gasteiger partial charge in [0.2, 0.25) is 5.91 Å². The fourth-order valence-corrected chi connectivity index (χ4v) is 3.35. The average molecular weight is 287 g/mol. The number of carbonyl (C=O) groups excluding carboxylic acids is 1. The van der Waals surface area contributed by atoms with E-state index in [2.05, 4.69) is 46.0 Å². The Morgan fingerprint density at radius 1 is 1.10 bits per heavy atom. The quantitative estimate of drug-likeness (QED) is 0.841. The van der Waals surface area contributed by atoms with Gasteiger partial charge in [-0.2, -0.15) is 0 Å². The lowest BCUT2D eigenvalue weighted by Crippen LogP contribution is -2.52.